The number of methoxy groups -OCH3 is 1. The number of hydrogen-bond donors (Lipinski definition) is 2. The first-order valence-corrected chi connectivity index (χ1v) is 6.78. The predicted octanol–water partition coefficient (Wildman–Crippen LogP) is 1.81. The van der Waals surface area contributed by atoms with Crippen LogP contribution in [0.4, 0.5) is 0 Å². The molecule has 0 radical (unpaired) electrons. The molecule has 0 unspecified atom stereocenters. The topological polar surface area (TPSA) is 71.2 Å². The van der Waals surface area contributed by atoms with Gasteiger partial charge >= 0.3 is 0 Å². The summed E-state index contributed by atoms with van der Waals surface area (Å²) in [4.78, 5) is 26.6. The SMILES string of the molecule is COCCCNC(=O)c1ccc(-c2ccccc2)[nH]c1=O. The second kappa shape index (κ2) is 7.40. The van der Waals surface area contributed by atoms with Gasteiger partial charge in [-0.2, -0.15) is 0 Å². The molecule has 2 N–H and O–H groups in total. The summed E-state index contributed by atoms with van der Waals surface area (Å²) >= 11 is 0. The molecule has 0 aliphatic carbocycles. The first kappa shape index (κ1) is 15.0. The molecule has 21 heavy (non-hydrogen) atoms. The molecule has 0 aliphatic rings. The van der Waals surface area contributed by atoms with E-state index in [4.69, 9.17) is 4.74 Å². The largest absolute Gasteiger partial charge is 0.385 e. The Labute approximate surface area is 123 Å². The summed E-state index contributed by atoms with van der Waals surface area (Å²) in [7, 11) is 1.61. The van der Waals surface area contributed by atoms with Crippen LogP contribution in [0.25, 0.3) is 11.3 Å². The van der Waals surface area contributed by atoms with Crippen molar-refractivity contribution in [3.05, 3.63) is 58.4 Å². The smallest absolute Gasteiger partial charge is 0.261 e. The van der Waals surface area contributed by atoms with E-state index in [0.717, 1.165) is 5.56 Å². The number of aromatic nitrogens is 1. The highest BCUT2D eigenvalue weighted by atomic mass is 16.5. The number of aromatic amines is 1. The molecule has 0 spiro atoms. The highest BCUT2D eigenvalue weighted by molar-refractivity contribution is 5.94. The lowest BCUT2D eigenvalue weighted by atomic mass is 10.1. The monoisotopic (exact) mass is 286 g/mol. The second-order valence-electron chi connectivity index (χ2n) is 4.58. The number of benzene rings is 1. The quantitative estimate of drug-likeness (QED) is 0.796. The Morgan fingerprint density at radius 1 is 1.19 bits per heavy atom. The van der Waals surface area contributed by atoms with Crippen LogP contribution >= 0.6 is 0 Å². The van der Waals surface area contributed by atoms with Crippen LogP contribution in [0.3, 0.4) is 0 Å². The summed E-state index contributed by atoms with van der Waals surface area (Å²) in [6.07, 6.45) is 0.711. The Morgan fingerprint density at radius 3 is 2.62 bits per heavy atom. The van der Waals surface area contributed by atoms with Crippen molar-refractivity contribution in [2.75, 3.05) is 20.3 Å². The standard InChI is InChI=1S/C16H18N2O3/c1-21-11-5-10-17-15(19)13-8-9-14(18-16(13)20)12-6-3-2-4-7-12/h2-4,6-9H,5,10-11H2,1H3,(H,17,19)(H,18,20). The summed E-state index contributed by atoms with van der Waals surface area (Å²) in [6.45, 7) is 1.05. The lowest BCUT2D eigenvalue weighted by Gasteiger charge is -2.06. The molecule has 2 aromatic rings. The third-order valence-corrected chi connectivity index (χ3v) is 3.05. The van der Waals surface area contributed by atoms with Crippen molar-refractivity contribution in [3.8, 4) is 11.3 Å². The fourth-order valence-electron chi connectivity index (χ4n) is 1.95. The average molecular weight is 286 g/mol. The van der Waals surface area contributed by atoms with Crippen molar-refractivity contribution in [3.63, 3.8) is 0 Å². The minimum atomic E-state index is -0.388. The van der Waals surface area contributed by atoms with Crippen molar-refractivity contribution in [2.45, 2.75) is 6.42 Å². The predicted molar refractivity (Wildman–Crippen MR) is 81.3 cm³/mol. The highest BCUT2D eigenvalue weighted by Crippen LogP contribution is 2.14. The number of H-pyrrole nitrogens is 1. The zero-order chi connectivity index (χ0) is 15.1. The van der Waals surface area contributed by atoms with Crippen LogP contribution in [-0.4, -0.2) is 31.2 Å². The maximum atomic E-state index is 12.0. The maximum absolute atomic E-state index is 12.0. The third kappa shape index (κ3) is 4.03. The van der Waals surface area contributed by atoms with E-state index in [1.165, 1.54) is 0 Å². The minimum absolute atomic E-state index is 0.118. The Balaban J connectivity index is 2.09. The number of carbonyl (C=O) groups excluding carboxylic acids is 1. The number of carbonyl (C=O) groups is 1. The number of hydrogen-bond acceptors (Lipinski definition) is 3. The molecule has 0 saturated heterocycles. The number of pyridine rings is 1. The molecule has 1 aromatic carbocycles. The van der Waals surface area contributed by atoms with Crippen LogP contribution in [0.15, 0.2) is 47.3 Å². The Kier molecular flexibility index (Phi) is 5.29. The van der Waals surface area contributed by atoms with Gasteiger partial charge in [-0.05, 0) is 24.1 Å². The fourth-order valence-corrected chi connectivity index (χ4v) is 1.95. The van der Waals surface area contributed by atoms with Gasteiger partial charge in [0, 0.05) is 26.0 Å². The lowest BCUT2D eigenvalue weighted by Crippen LogP contribution is -2.30. The van der Waals surface area contributed by atoms with Gasteiger partial charge in [-0.3, -0.25) is 9.59 Å². The molecule has 0 saturated carbocycles. The molecular weight excluding hydrogens is 268 g/mol. The van der Waals surface area contributed by atoms with Gasteiger partial charge in [-0.1, -0.05) is 30.3 Å². The van der Waals surface area contributed by atoms with Crippen LogP contribution in [0, 0.1) is 0 Å². The molecule has 110 valence electrons. The van der Waals surface area contributed by atoms with Crippen LogP contribution in [-0.2, 0) is 4.74 Å². The van der Waals surface area contributed by atoms with Crippen molar-refractivity contribution >= 4 is 5.91 Å². The molecule has 2 rings (SSSR count). The summed E-state index contributed by atoms with van der Waals surface area (Å²) in [5.74, 6) is -0.369. The van der Waals surface area contributed by atoms with Crippen LogP contribution in [0.5, 0.6) is 0 Å². The fraction of sp³-hybridized carbons (Fsp3) is 0.250. The van der Waals surface area contributed by atoms with Gasteiger partial charge in [0.15, 0.2) is 0 Å². The van der Waals surface area contributed by atoms with E-state index in [2.05, 4.69) is 10.3 Å². The van der Waals surface area contributed by atoms with E-state index < -0.39 is 0 Å². The van der Waals surface area contributed by atoms with Gasteiger partial charge in [0.05, 0.1) is 0 Å². The Morgan fingerprint density at radius 2 is 1.95 bits per heavy atom. The summed E-state index contributed by atoms with van der Waals surface area (Å²) in [5.41, 5.74) is 1.32. The van der Waals surface area contributed by atoms with Crippen molar-refractivity contribution < 1.29 is 9.53 Å². The molecule has 5 heteroatoms. The lowest BCUT2D eigenvalue weighted by molar-refractivity contribution is 0.0947. The normalized spacial score (nSPS) is 10.3. The first-order chi connectivity index (χ1) is 10.2. The first-order valence-electron chi connectivity index (χ1n) is 6.78. The minimum Gasteiger partial charge on any atom is -0.385 e. The van der Waals surface area contributed by atoms with Gasteiger partial charge < -0.3 is 15.0 Å². The molecule has 0 atom stereocenters. The zero-order valence-electron chi connectivity index (χ0n) is 11.9. The number of rotatable bonds is 6. The van der Waals surface area contributed by atoms with Crippen LogP contribution in [0.1, 0.15) is 16.8 Å². The Hall–Kier alpha value is -2.40. The van der Waals surface area contributed by atoms with Crippen LogP contribution in [0.2, 0.25) is 0 Å². The second-order valence-corrected chi connectivity index (χ2v) is 4.58. The highest BCUT2D eigenvalue weighted by Gasteiger charge is 2.10. The van der Waals surface area contributed by atoms with Crippen LogP contribution < -0.4 is 10.9 Å². The van der Waals surface area contributed by atoms with Gasteiger partial charge in [0.1, 0.15) is 5.56 Å². The van der Waals surface area contributed by atoms with E-state index in [0.29, 0.717) is 25.3 Å². The van der Waals surface area contributed by atoms with Crippen molar-refractivity contribution in [1.29, 1.82) is 0 Å². The van der Waals surface area contributed by atoms with E-state index in [1.54, 1.807) is 19.2 Å². The molecule has 0 aliphatic heterocycles. The van der Waals surface area contributed by atoms with E-state index in [-0.39, 0.29) is 17.0 Å². The molecular formula is C16H18N2O3. The number of amides is 1. The molecule has 1 aromatic heterocycles. The third-order valence-electron chi connectivity index (χ3n) is 3.05. The molecule has 1 amide bonds. The van der Waals surface area contributed by atoms with Gasteiger partial charge in [0.25, 0.3) is 11.5 Å². The zero-order valence-corrected chi connectivity index (χ0v) is 11.9. The van der Waals surface area contributed by atoms with E-state index in [1.807, 2.05) is 30.3 Å². The molecule has 0 fully saturated rings. The summed E-state index contributed by atoms with van der Waals surface area (Å²) in [5, 5.41) is 2.69. The van der Waals surface area contributed by atoms with Crippen molar-refractivity contribution in [2.24, 2.45) is 0 Å². The summed E-state index contributed by atoms with van der Waals surface area (Å²) in [6, 6.07) is 12.8. The van der Waals surface area contributed by atoms with Gasteiger partial charge in [0.2, 0.25) is 0 Å². The number of nitrogens with one attached hydrogen (secondary N) is 2. The summed E-state index contributed by atoms with van der Waals surface area (Å²) < 4.78 is 4.90. The average Bonchev–Trinajstić information content (AvgIpc) is 2.52. The van der Waals surface area contributed by atoms with Gasteiger partial charge in [-0.25, -0.2) is 0 Å². The number of ether oxygens (including phenoxy) is 1. The maximum Gasteiger partial charge on any atom is 0.261 e. The molecule has 1 heterocycles. The Bertz CT molecular complexity index is 650. The van der Waals surface area contributed by atoms with E-state index >= 15 is 0 Å². The molecule has 0 bridgehead atoms. The van der Waals surface area contributed by atoms with Gasteiger partial charge in [-0.15, -0.1) is 0 Å². The van der Waals surface area contributed by atoms with Crippen molar-refractivity contribution in [1.82, 2.24) is 10.3 Å². The molecule has 5 nitrogen and oxygen atoms in total. The van der Waals surface area contributed by atoms with E-state index in [9.17, 15) is 9.59 Å².